The smallest absolute Gasteiger partial charge is 0.423 e. The molecule has 0 unspecified atom stereocenters. The molecule has 0 radical (unpaired) electrons. The number of benzene rings is 5. The lowest BCUT2D eigenvalue weighted by Gasteiger charge is -2.26. The molecule has 7 nitrogen and oxygen atoms in total. The van der Waals surface area contributed by atoms with E-state index in [9.17, 15) is 9.59 Å². The van der Waals surface area contributed by atoms with Gasteiger partial charge in [0.05, 0.1) is 5.56 Å². The summed E-state index contributed by atoms with van der Waals surface area (Å²) in [5.74, 6) is 1.14. The molecule has 1 N–H and O–H groups in total. The molecule has 228 valence electrons. The van der Waals surface area contributed by atoms with Crippen molar-refractivity contribution in [3.05, 3.63) is 155 Å². The minimum absolute atomic E-state index is 0.334. The number of esters is 1. The zero-order valence-electron chi connectivity index (χ0n) is 25.5. The predicted molar refractivity (Wildman–Crippen MR) is 171 cm³/mol. The van der Waals surface area contributed by atoms with Crippen molar-refractivity contribution >= 4 is 12.1 Å². The van der Waals surface area contributed by atoms with Gasteiger partial charge < -0.3 is 19.1 Å². The second kappa shape index (κ2) is 13.1. The van der Waals surface area contributed by atoms with E-state index in [2.05, 4.69) is 32.6 Å². The molecule has 0 fully saturated rings. The SMILES string of the molecule is CC(C)(c1ccc(OO)cc1)c1ccc(OC(=O)Oc2ccc(C(C)(C)c3ccc(OC(=O)c4ccccc4)cc3)cc2)cc1. The van der Waals surface area contributed by atoms with Gasteiger partial charge in [-0.25, -0.2) is 14.8 Å². The van der Waals surface area contributed by atoms with Crippen LogP contribution in [0.2, 0.25) is 0 Å². The highest BCUT2D eigenvalue weighted by atomic mass is 17.1. The van der Waals surface area contributed by atoms with Crippen LogP contribution in [-0.2, 0) is 10.8 Å². The Labute approximate surface area is 262 Å². The second-order valence-corrected chi connectivity index (χ2v) is 11.6. The zero-order chi connectivity index (χ0) is 32.0. The molecule has 0 bridgehead atoms. The summed E-state index contributed by atoms with van der Waals surface area (Å²) in [5, 5.41) is 8.82. The van der Waals surface area contributed by atoms with Crippen LogP contribution >= 0.6 is 0 Å². The van der Waals surface area contributed by atoms with Crippen LogP contribution in [0, 0.1) is 0 Å². The maximum absolute atomic E-state index is 12.5. The Morgan fingerprint density at radius 2 is 0.800 bits per heavy atom. The maximum Gasteiger partial charge on any atom is 0.519 e. The third-order valence-electron chi connectivity index (χ3n) is 8.03. The van der Waals surface area contributed by atoms with E-state index in [1.54, 1.807) is 72.8 Å². The number of carbonyl (C=O) groups excluding carboxylic acids is 2. The van der Waals surface area contributed by atoms with Gasteiger partial charge in [-0.1, -0.05) is 94.4 Å². The first-order valence-electron chi connectivity index (χ1n) is 14.5. The molecule has 5 aromatic carbocycles. The van der Waals surface area contributed by atoms with Crippen molar-refractivity contribution in [2.75, 3.05) is 0 Å². The molecule has 0 saturated heterocycles. The Bertz CT molecular complexity index is 1740. The van der Waals surface area contributed by atoms with Crippen LogP contribution in [0.4, 0.5) is 4.79 Å². The van der Waals surface area contributed by atoms with E-state index in [-0.39, 0.29) is 10.8 Å². The first-order chi connectivity index (χ1) is 21.6. The number of hydrogen-bond acceptors (Lipinski definition) is 7. The lowest BCUT2D eigenvalue weighted by molar-refractivity contribution is -0.137. The van der Waals surface area contributed by atoms with E-state index in [0.717, 1.165) is 22.3 Å². The average molecular weight is 603 g/mol. The van der Waals surface area contributed by atoms with E-state index in [4.69, 9.17) is 19.5 Å². The molecule has 0 saturated carbocycles. The Hall–Kier alpha value is -5.40. The monoisotopic (exact) mass is 602 g/mol. The van der Waals surface area contributed by atoms with Crippen LogP contribution < -0.4 is 19.1 Å². The normalized spacial score (nSPS) is 11.4. The van der Waals surface area contributed by atoms with Gasteiger partial charge in [0.15, 0.2) is 5.75 Å². The van der Waals surface area contributed by atoms with E-state index in [1.165, 1.54) is 0 Å². The van der Waals surface area contributed by atoms with Crippen LogP contribution in [-0.4, -0.2) is 17.4 Å². The van der Waals surface area contributed by atoms with Crippen molar-refractivity contribution in [3.63, 3.8) is 0 Å². The van der Waals surface area contributed by atoms with Gasteiger partial charge in [-0.05, 0) is 82.9 Å². The van der Waals surface area contributed by atoms with Crippen molar-refractivity contribution in [2.24, 2.45) is 0 Å². The minimum atomic E-state index is -0.839. The van der Waals surface area contributed by atoms with Gasteiger partial charge in [-0.2, -0.15) is 0 Å². The summed E-state index contributed by atoms with van der Waals surface area (Å²) < 4.78 is 16.3. The van der Waals surface area contributed by atoms with Gasteiger partial charge in [0.25, 0.3) is 0 Å². The highest BCUT2D eigenvalue weighted by Gasteiger charge is 2.25. The summed E-state index contributed by atoms with van der Waals surface area (Å²) in [5.41, 5.74) is 3.87. The zero-order valence-corrected chi connectivity index (χ0v) is 25.5. The third kappa shape index (κ3) is 7.22. The van der Waals surface area contributed by atoms with E-state index < -0.39 is 12.1 Å². The standard InChI is InChI=1S/C38H34O7/c1-37(2,27-10-18-31(19-11-27)42-35(39)26-8-6-5-7-9-26)28-12-20-32(21-13-28)43-36(40)44-33-22-14-29(15-23-33)38(3,4)30-16-24-34(45-41)25-17-30/h5-25,41H,1-4H3. The molecule has 5 aromatic rings. The van der Waals surface area contributed by atoms with Crippen LogP contribution in [0.15, 0.2) is 127 Å². The molecule has 0 aromatic heterocycles. The molecule has 0 spiro atoms. The largest absolute Gasteiger partial charge is 0.519 e. The fraction of sp³-hybridized carbons (Fsp3) is 0.158. The number of ether oxygens (including phenoxy) is 3. The number of hydrogen-bond donors (Lipinski definition) is 1. The molecule has 7 heteroatoms. The number of carbonyl (C=O) groups is 2. The topological polar surface area (TPSA) is 91.3 Å². The quantitative estimate of drug-likeness (QED) is 0.0592. The van der Waals surface area contributed by atoms with E-state index in [1.807, 2.05) is 54.6 Å². The lowest BCUT2D eigenvalue weighted by atomic mass is 9.78. The highest BCUT2D eigenvalue weighted by molar-refractivity contribution is 5.90. The fourth-order valence-electron chi connectivity index (χ4n) is 5.04. The molecular formula is C38H34O7. The van der Waals surface area contributed by atoms with Crippen molar-refractivity contribution < 1.29 is 33.9 Å². The van der Waals surface area contributed by atoms with Crippen LogP contribution in [0.25, 0.3) is 0 Å². The van der Waals surface area contributed by atoms with Gasteiger partial charge in [-0.3, -0.25) is 0 Å². The van der Waals surface area contributed by atoms with Crippen LogP contribution in [0.3, 0.4) is 0 Å². The van der Waals surface area contributed by atoms with Crippen molar-refractivity contribution in [1.29, 1.82) is 0 Å². The molecular weight excluding hydrogens is 568 g/mol. The van der Waals surface area contributed by atoms with E-state index in [0.29, 0.717) is 28.6 Å². The first-order valence-corrected chi connectivity index (χ1v) is 14.5. The molecule has 45 heavy (non-hydrogen) atoms. The Balaban J connectivity index is 1.18. The van der Waals surface area contributed by atoms with Gasteiger partial charge >= 0.3 is 12.1 Å². The van der Waals surface area contributed by atoms with Crippen LogP contribution in [0.5, 0.6) is 23.0 Å². The van der Waals surface area contributed by atoms with Gasteiger partial charge in [-0.15, -0.1) is 0 Å². The summed E-state index contributed by atoms with van der Waals surface area (Å²) in [6, 6.07) is 38.0. The maximum atomic E-state index is 12.5. The Morgan fingerprint density at radius 1 is 0.467 bits per heavy atom. The fourth-order valence-corrected chi connectivity index (χ4v) is 5.04. The summed E-state index contributed by atoms with van der Waals surface area (Å²) in [6.45, 7) is 8.34. The van der Waals surface area contributed by atoms with Gasteiger partial charge in [0.1, 0.15) is 17.2 Å². The van der Waals surface area contributed by atoms with E-state index >= 15 is 0 Å². The highest BCUT2D eigenvalue weighted by Crippen LogP contribution is 2.35. The summed E-state index contributed by atoms with van der Waals surface area (Å²) in [7, 11) is 0. The molecule has 0 aliphatic carbocycles. The molecule has 0 aliphatic heterocycles. The minimum Gasteiger partial charge on any atom is -0.423 e. The number of rotatable bonds is 9. The third-order valence-corrected chi connectivity index (χ3v) is 8.03. The van der Waals surface area contributed by atoms with Gasteiger partial charge in [0.2, 0.25) is 0 Å². The van der Waals surface area contributed by atoms with Crippen LogP contribution in [0.1, 0.15) is 60.3 Å². The van der Waals surface area contributed by atoms with Crippen molar-refractivity contribution in [1.82, 2.24) is 0 Å². The summed E-state index contributed by atoms with van der Waals surface area (Å²) in [4.78, 5) is 29.2. The predicted octanol–water partition coefficient (Wildman–Crippen LogP) is 8.99. The first kappa shape index (κ1) is 31.0. The molecule has 0 atom stereocenters. The Kier molecular flexibility index (Phi) is 9.02. The molecule has 0 amide bonds. The molecule has 5 rings (SSSR count). The summed E-state index contributed by atoms with van der Waals surface area (Å²) in [6.07, 6.45) is -0.839. The molecule has 0 heterocycles. The summed E-state index contributed by atoms with van der Waals surface area (Å²) >= 11 is 0. The van der Waals surface area contributed by atoms with Gasteiger partial charge in [0, 0.05) is 10.8 Å². The van der Waals surface area contributed by atoms with Crippen molar-refractivity contribution in [2.45, 2.75) is 38.5 Å². The second-order valence-electron chi connectivity index (χ2n) is 11.6. The molecule has 0 aliphatic rings. The Morgan fingerprint density at radius 3 is 1.16 bits per heavy atom. The van der Waals surface area contributed by atoms with Crippen molar-refractivity contribution in [3.8, 4) is 23.0 Å². The average Bonchev–Trinajstić information content (AvgIpc) is 3.06. The lowest BCUT2D eigenvalue weighted by Crippen LogP contribution is -2.19.